The van der Waals surface area contributed by atoms with Crippen LogP contribution in [0.5, 0.6) is 5.75 Å². The quantitative estimate of drug-likeness (QED) is 0.547. The Labute approximate surface area is 150 Å². The van der Waals surface area contributed by atoms with E-state index in [1.54, 1.807) is 0 Å². The van der Waals surface area contributed by atoms with E-state index >= 15 is 0 Å². The zero-order valence-electron chi connectivity index (χ0n) is 14.4. The number of hydrogen-bond donors (Lipinski definition) is 2. The molecule has 0 radical (unpaired) electrons. The molecule has 1 aromatic carbocycles. The summed E-state index contributed by atoms with van der Waals surface area (Å²) >= 11 is 1.20. The fraction of sp³-hybridized carbons (Fsp3) is 0.438. The van der Waals surface area contributed by atoms with Crippen molar-refractivity contribution >= 4 is 17.7 Å². The van der Waals surface area contributed by atoms with Crippen LogP contribution in [0.15, 0.2) is 29.4 Å². The molecule has 3 N–H and O–H groups in total. The molecule has 0 aliphatic rings. The first kappa shape index (κ1) is 19.0. The molecule has 1 aromatic heterocycles. The number of carbonyl (C=O) groups excluding carboxylic acids is 1. The highest BCUT2D eigenvalue weighted by Crippen LogP contribution is 2.16. The van der Waals surface area contributed by atoms with Gasteiger partial charge < -0.3 is 15.9 Å². The topological polar surface area (TPSA) is 95.1 Å². The molecule has 0 bridgehead atoms. The number of nitrogens with one attached hydrogen (secondary N) is 1. The Morgan fingerprint density at radius 2 is 2.00 bits per heavy atom. The molecule has 1 heterocycles. The van der Waals surface area contributed by atoms with Crippen molar-refractivity contribution in [3.05, 3.63) is 35.9 Å². The first-order valence-corrected chi connectivity index (χ1v) is 8.85. The van der Waals surface area contributed by atoms with Gasteiger partial charge >= 0.3 is 0 Å². The van der Waals surface area contributed by atoms with Gasteiger partial charge in [-0.25, -0.2) is 9.07 Å². The van der Waals surface area contributed by atoms with E-state index in [-0.39, 0.29) is 30.1 Å². The summed E-state index contributed by atoms with van der Waals surface area (Å²) in [6.45, 7) is 6.14. The van der Waals surface area contributed by atoms with Crippen molar-refractivity contribution in [1.29, 1.82) is 0 Å². The molecule has 0 spiro atoms. The standard InChI is InChI=1S/C16H22FN5O2S/c1-10(2)11(3)19-15(23)9-25-16-21-20-14(22(16)18)8-24-13-6-4-12(17)5-7-13/h4-7,10-11H,8-9,18H2,1-3H3,(H,19,23). The molecule has 25 heavy (non-hydrogen) atoms. The van der Waals surface area contributed by atoms with Crippen molar-refractivity contribution in [2.45, 2.75) is 38.6 Å². The molecule has 0 fully saturated rings. The van der Waals surface area contributed by atoms with Crippen LogP contribution >= 0.6 is 11.8 Å². The molecule has 1 amide bonds. The maximum absolute atomic E-state index is 12.9. The lowest BCUT2D eigenvalue weighted by Crippen LogP contribution is -2.37. The SMILES string of the molecule is CC(C)C(C)NC(=O)CSc1nnc(COc2ccc(F)cc2)n1N. The molecule has 1 atom stereocenters. The van der Waals surface area contributed by atoms with Gasteiger partial charge in [-0.05, 0) is 37.1 Å². The van der Waals surface area contributed by atoms with Crippen LogP contribution in [0.25, 0.3) is 0 Å². The number of rotatable bonds is 8. The van der Waals surface area contributed by atoms with Crippen molar-refractivity contribution < 1.29 is 13.9 Å². The minimum atomic E-state index is -0.335. The van der Waals surface area contributed by atoms with Gasteiger partial charge in [0.15, 0.2) is 5.82 Å². The fourth-order valence-electron chi connectivity index (χ4n) is 1.78. The summed E-state index contributed by atoms with van der Waals surface area (Å²) in [6, 6.07) is 5.75. The van der Waals surface area contributed by atoms with E-state index in [0.717, 1.165) is 0 Å². The van der Waals surface area contributed by atoms with Gasteiger partial charge in [0.05, 0.1) is 5.75 Å². The third-order valence-corrected chi connectivity index (χ3v) is 4.58. The molecule has 0 aliphatic carbocycles. The summed E-state index contributed by atoms with van der Waals surface area (Å²) in [5.74, 6) is 6.98. The van der Waals surface area contributed by atoms with Gasteiger partial charge in [-0.2, -0.15) is 0 Å². The number of hydrogen-bond acceptors (Lipinski definition) is 6. The predicted octanol–water partition coefficient (Wildman–Crippen LogP) is 1.96. The number of amides is 1. The second kappa shape index (κ2) is 8.70. The van der Waals surface area contributed by atoms with Crippen molar-refractivity contribution in [3.63, 3.8) is 0 Å². The van der Waals surface area contributed by atoms with E-state index in [2.05, 4.69) is 15.5 Å². The number of carbonyl (C=O) groups is 1. The van der Waals surface area contributed by atoms with E-state index in [0.29, 0.717) is 22.6 Å². The van der Waals surface area contributed by atoms with Gasteiger partial charge in [0.2, 0.25) is 11.1 Å². The summed E-state index contributed by atoms with van der Waals surface area (Å²) in [4.78, 5) is 11.9. The second-order valence-electron chi connectivity index (χ2n) is 5.90. The summed E-state index contributed by atoms with van der Waals surface area (Å²) < 4.78 is 19.6. The highest BCUT2D eigenvalue weighted by molar-refractivity contribution is 7.99. The summed E-state index contributed by atoms with van der Waals surface area (Å²) in [6.07, 6.45) is 0. The van der Waals surface area contributed by atoms with Crippen LogP contribution < -0.4 is 15.9 Å². The third-order valence-electron chi connectivity index (χ3n) is 3.64. The van der Waals surface area contributed by atoms with Crippen molar-refractivity contribution in [1.82, 2.24) is 20.2 Å². The Morgan fingerprint density at radius 3 is 2.64 bits per heavy atom. The van der Waals surface area contributed by atoms with Crippen LogP contribution in [0.4, 0.5) is 4.39 Å². The number of aromatic nitrogens is 3. The predicted molar refractivity (Wildman–Crippen MR) is 94.1 cm³/mol. The van der Waals surface area contributed by atoms with E-state index in [9.17, 15) is 9.18 Å². The Balaban J connectivity index is 1.85. The average molecular weight is 367 g/mol. The lowest BCUT2D eigenvalue weighted by molar-refractivity contribution is -0.119. The fourth-order valence-corrected chi connectivity index (χ4v) is 2.46. The summed E-state index contributed by atoms with van der Waals surface area (Å²) in [5.41, 5.74) is 0. The Kier molecular flexibility index (Phi) is 6.63. The maximum atomic E-state index is 12.9. The molecular formula is C16H22FN5O2S. The van der Waals surface area contributed by atoms with Gasteiger partial charge in [-0.1, -0.05) is 25.6 Å². The third kappa shape index (κ3) is 5.63. The largest absolute Gasteiger partial charge is 0.486 e. The monoisotopic (exact) mass is 367 g/mol. The zero-order valence-corrected chi connectivity index (χ0v) is 15.2. The molecule has 2 rings (SSSR count). The van der Waals surface area contributed by atoms with Crippen LogP contribution in [-0.4, -0.2) is 32.6 Å². The lowest BCUT2D eigenvalue weighted by Gasteiger charge is -2.16. The molecule has 7 nitrogen and oxygen atoms in total. The van der Waals surface area contributed by atoms with E-state index in [4.69, 9.17) is 10.6 Å². The molecule has 136 valence electrons. The Hall–Kier alpha value is -2.29. The number of nitrogen functional groups attached to an aromatic ring is 1. The van der Waals surface area contributed by atoms with Gasteiger partial charge in [0.1, 0.15) is 18.2 Å². The summed E-state index contributed by atoms with van der Waals surface area (Å²) in [7, 11) is 0. The van der Waals surface area contributed by atoms with Crippen LogP contribution in [-0.2, 0) is 11.4 Å². The maximum Gasteiger partial charge on any atom is 0.230 e. The van der Waals surface area contributed by atoms with Crippen LogP contribution in [0.1, 0.15) is 26.6 Å². The minimum absolute atomic E-state index is 0.0849. The lowest BCUT2D eigenvalue weighted by atomic mass is 10.1. The summed E-state index contributed by atoms with van der Waals surface area (Å²) in [5, 5.41) is 11.2. The zero-order chi connectivity index (χ0) is 18.4. The highest BCUT2D eigenvalue weighted by atomic mass is 32.2. The van der Waals surface area contributed by atoms with Crippen LogP contribution in [0.3, 0.4) is 0 Å². The first-order chi connectivity index (χ1) is 11.9. The first-order valence-electron chi connectivity index (χ1n) is 7.86. The van der Waals surface area contributed by atoms with Crippen molar-refractivity contribution in [2.24, 2.45) is 5.92 Å². The van der Waals surface area contributed by atoms with Gasteiger partial charge in [-0.3, -0.25) is 4.79 Å². The van der Waals surface area contributed by atoms with Crippen LogP contribution in [0, 0.1) is 11.7 Å². The molecule has 9 heteroatoms. The number of thioether (sulfide) groups is 1. The van der Waals surface area contributed by atoms with E-state index in [1.807, 2.05) is 20.8 Å². The van der Waals surface area contributed by atoms with E-state index < -0.39 is 0 Å². The van der Waals surface area contributed by atoms with Gasteiger partial charge in [0.25, 0.3) is 0 Å². The molecule has 0 saturated heterocycles. The minimum Gasteiger partial charge on any atom is -0.486 e. The number of benzene rings is 1. The molecule has 2 aromatic rings. The molecule has 0 saturated carbocycles. The van der Waals surface area contributed by atoms with Crippen molar-refractivity contribution in [3.8, 4) is 5.75 Å². The number of nitrogens with two attached hydrogens (primary N) is 1. The second-order valence-corrected chi connectivity index (χ2v) is 6.84. The highest BCUT2D eigenvalue weighted by Gasteiger charge is 2.15. The Morgan fingerprint density at radius 1 is 1.32 bits per heavy atom. The van der Waals surface area contributed by atoms with Gasteiger partial charge in [0, 0.05) is 6.04 Å². The van der Waals surface area contributed by atoms with Gasteiger partial charge in [-0.15, -0.1) is 10.2 Å². The molecule has 0 aliphatic heterocycles. The molecular weight excluding hydrogens is 345 g/mol. The average Bonchev–Trinajstić information content (AvgIpc) is 2.92. The number of halogens is 1. The normalized spacial score (nSPS) is 12.2. The Bertz CT molecular complexity index is 705. The van der Waals surface area contributed by atoms with E-state index in [1.165, 1.54) is 40.7 Å². The van der Waals surface area contributed by atoms with Crippen molar-refractivity contribution in [2.75, 3.05) is 11.6 Å². The molecule has 1 unspecified atom stereocenters. The van der Waals surface area contributed by atoms with Crippen LogP contribution in [0.2, 0.25) is 0 Å². The number of ether oxygens (including phenoxy) is 1. The number of nitrogens with zero attached hydrogens (tertiary/aromatic N) is 3. The smallest absolute Gasteiger partial charge is 0.230 e.